The summed E-state index contributed by atoms with van der Waals surface area (Å²) in [5.41, 5.74) is 1.03. The van der Waals surface area contributed by atoms with Crippen molar-refractivity contribution < 1.29 is 14.6 Å². The summed E-state index contributed by atoms with van der Waals surface area (Å²) in [5, 5.41) is 12.1. The molecule has 1 rings (SSSR count). The lowest BCUT2D eigenvalue weighted by Crippen LogP contribution is -2.46. The Balaban J connectivity index is 0.00000154. The monoisotopic (exact) mass is 265 g/mol. The SMILES string of the molecule is CC.CCOC(=O)C(Cc1ccccc1)NB(C)O. The van der Waals surface area contributed by atoms with Gasteiger partial charge in [-0.2, -0.15) is 0 Å². The van der Waals surface area contributed by atoms with Crippen molar-refractivity contribution in [2.24, 2.45) is 0 Å². The van der Waals surface area contributed by atoms with E-state index < -0.39 is 13.1 Å². The van der Waals surface area contributed by atoms with Gasteiger partial charge in [-0.1, -0.05) is 44.2 Å². The number of carbonyl (C=O) groups excluding carboxylic acids is 1. The first-order valence-electron chi connectivity index (χ1n) is 6.78. The molecule has 4 nitrogen and oxygen atoms in total. The second-order valence-corrected chi connectivity index (χ2v) is 3.84. The summed E-state index contributed by atoms with van der Waals surface area (Å²) in [5.74, 6) is -0.336. The van der Waals surface area contributed by atoms with E-state index in [-0.39, 0.29) is 5.97 Å². The van der Waals surface area contributed by atoms with Gasteiger partial charge in [-0.05, 0) is 25.7 Å². The maximum atomic E-state index is 11.7. The Morgan fingerprint density at radius 3 is 2.42 bits per heavy atom. The van der Waals surface area contributed by atoms with E-state index in [1.807, 2.05) is 44.2 Å². The van der Waals surface area contributed by atoms with E-state index in [4.69, 9.17) is 4.74 Å². The van der Waals surface area contributed by atoms with Crippen molar-refractivity contribution in [1.82, 2.24) is 5.23 Å². The minimum atomic E-state index is -0.742. The highest BCUT2D eigenvalue weighted by Gasteiger charge is 2.22. The van der Waals surface area contributed by atoms with Gasteiger partial charge in [0.1, 0.15) is 6.04 Å². The third-order valence-electron chi connectivity index (χ3n) is 2.30. The van der Waals surface area contributed by atoms with Gasteiger partial charge in [0.05, 0.1) is 6.61 Å². The molecule has 0 heterocycles. The Bertz CT molecular complexity index is 344. The Hall–Kier alpha value is -1.33. The van der Waals surface area contributed by atoms with E-state index in [0.29, 0.717) is 13.0 Å². The van der Waals surface area contributed by atoms with Crippen LogP contribution in [0.15, 0.2) is 30.3 Å². The number of nitrogens with one attached hydrogen (secondary N) is 1. The molecule has 0 saturated heterocycles. The zero-order valence-electron chi connectivity index (χ0n) is 12.2. The fourth-order valence-electron chi connectivity index (χ4n) is 1.59. The lowest BCUT2D eigenvalue weighted by atomic mass is 9.86. The average molecular weight is 265 g/mol. The number of carbonyl (C=O) groups is 1. The van der Waals surface area contributed by atoms with Gasteiger partial charge in [0.25, 0.3) is 0 Å². The molecule has 0 bridgehead atoms. The molecule has 106 valence electrons. The van der Waals surface area contributed by atoms with Crippen molar-refractivity contribution in [3.8, 4) is 0 Å². The molecule has 1 atom stereocenters. The molecule has 0 aliphatic carbocycles. The summed E-state index contributed by atoms with van der Waals surface area (Å²) in [6.07, 6.45) is 0.505. The molecule has 0 spiro atoms. The van der Waals surface area contributed by atoms with E-state index in [1.165, 1.54) is 0 Å². The van der Waals surface area contributed by atoms with Crippen molar-refractivity contribution >= 4 is 13.0 Å². The van der Waals surface area contributed by atoms with Gasteiger partial charge in [0, 0.05) is 0 Å². The fourth-order valence-corrected chi connectivity index (χ4v) is 1.59. The molecule has 1 aromatic carbocycles. The van der Waals surface area contributed by atoms with Crippen molar-refractivity contribution in [3.05, 3.63) is 35.9 Å². The van der Waals surface area contributed by atoms with Crippen LogP contribution in [0.3, 0.4) is 0 Å². The molecular formula is C14H24BNO3. The minimum absolute atomic E-state index is 0.336. The van der Waals surface area contributed by atoms with Crippen LogP contribution in [0.2, 0.25) is 6.82 Å². The highest BCUT2D eigenvalue weighted by Crippen LogP contribution is 2.05. The van der Waals surface area contributed by atoms with E-state index in [9.17, 15) is 9.82 Å². The normalized spacial score (nSPS) is 11.0. The molecule has 0 saturated carbocycles. The number of benzene rings is 1. The van der Waals surface area contributed by atoms with Crippen LogP contribution in [0.5, 0.6) is 0 Å². The molecule has 0 radical (unpaired) electrons. The summed E-state index contributed by atoms with van der Waals surface area (Å²) in [4.78, 5) is 11.7. The zero-order chi connectivity index (χ0) is 14.7. The van der Waals surface area contributed by atoms with Crippen LogP contribution < -0.4 is 5.23 Å². The maximum absolute atomic E-state index is 11.7. The van der Waals surface area contributed by atoms with Crippen LogP contribution in [0.1, 0.15) is 26.3 Å². The van der Waals surface area contributed by atoms with Gasteiger partial charge < -0.3 is 15.0 Å². The lowest BCUT2D eigenvalue weighted by molar-refractivity contribution is -0.145. The summed E-state index contributed by atoms with van der Waals surface area (Å²) in [7, 11) is -0.742. The molecule has 1 unspecified atom stereocenters. The molecular weight excluding hydrogens is 241 g/mol. The Labute approximate surface area is 116 Å². The Kier molecular flexibility index (Phi) is 9.85. The maximum Gasteiger partial charge on any atom is 0.374 e. The fraction of sp³-hybridized carbons (Fsp3) is 0.500. The minimum Gasteiger partial charge on any atom is -0.465 e. The topological polar surface area (TPSA) is 58.6 Å². The first kappa shape index (κ1) is 17.7. The van der Waals surface area contributed by atoms with Gasteiger partial charge in [0.15, 0.2) is 0 Å². The van der Waals surface area contributed by atoms with Crippen molar-refractivity contribution in [2.75, 3.05) is 6.61 Å². The van der Waals surface area contributed by atoms with Crippen LogP contribution in [0.25, 0.3) is 0 Å². The van der Waals surface area contributed by atoms with Crippen LogP contribution in [0, 0.1) is 0 Å². The molecule has 19 heavy (non-hydrogen) atoms. The molecule has 0 aromatic heterocycles. The third-order valence-corrected chi connectivity index (χ3v) is 2.30. The standard InChI is InChI=1S/C12H18BNO3.C2H6/c1-3-17-12(15)11(14-13(2)16)9-10-7-5-4-6-8-10;1-2/h4-8,11,14,16H,3,9H2,1-2H3;1-2H3. The highest BCUT2D eigenvalue weighted by molar-refractivity contribution is 6.46. The van der Waals surface area contributed by atoms with Gasteiger partial charge in [-0.15, -0.1) is 0 Å². The predicted molar refractivity (Wildman–Crippen MR) is 78.9 cm³/mol. The number of hydrogen-bond acceptors (Lipinski definition) is 4. The first-order chi connectivity index (χ1) is 9.13. The summed E-state index contributed by atoms with van der Waals surface area (Å²) < 4.78 is 4.96. The number of hydrogen-bond donors (Lipinski definition) is 2. The van der Waals surface area contributed by atoms with Crippen molar-refractivity contribution in [1.29, 1.82) is 0 Å². The quantitative estimate of drug-likeness (QED) is 0.609. The first-order valence-corrected chi connectivity index (χ1v) is 6.78. The van der Waals surface area contributed by atoms with E-state index in [2.05, 4.69) is 5.23 Å². The van der Waals surface area contributed by atoms with Crippen molar-refractivity contribution in [2.45, 2.75) is 40.1 Å². The summed E-state index contributed by atoms with van der Waals surface area (Å²) in [6, 6.07) is 9.12. The predicted octanol–water partition coefficient (Wildman–Crippen LogP) is 1.89. The number of esters is 1. The highest BCUT2D eigenvalue weighted by atomic mass is 16.5. The number of rotatable bonds is 6. The molecule has 0 amide bonds. The van der Waals surface area contributed by atoms with Crippen LogP contribution in [-0.2, 0) is 16.0 Å². The van der Waals surface area contributed by atoms with E-state index >= 15 is 0 Å². The van der Waals surface area contributed by atoms with E-state index in [1.54, 1.807) is 13.7 Å². The third kappa shape index (κ3) is 7.64. The van der Waals surface area contributed by atoms with Crippen LogP contribution in [0.4, 0.5) is 0 Å². The van der Waals surface area contributed by atoms with E-state index in [0.717, 1.165) is 5.56 Å². The van der Waals surface area contributed by atoms with Gasteiger partial charge >= 0.3 is 13.0 Å². The molecule has 0 fully saturated rings. The van der Waals surface area contributed by atoms with Crippen LogP contribution >= 0.6 is 0 Å². The zero-order valence-corrected chi connectivity index (χ0v) is 12.2. The largest absolute Gasteiger partial charge is 0.465 e. The molecule has 1 aromatic rings. The average Bonchev–Trinajstić information content (AvgIpc) is 2.41. The summed E-state index contributed by atoms with van der Waals surface area (Å²) in [6.45, 7) is 7.68. The Morgan fingerprint density at radius 2 is 1.95 bits per heavy atom. The molecule has 0 aliphatic heterocycles. The Morgan fingerprint density at radius 1 is 1.37 bits per heavy atom. The second kappa shape index (κ2) is 10.6. The smallest absolute Gasteiger partial charge is 0.374 e. The van der Waals surface area contributed by atoms with Crippen LogP contribution in [-0.4, -0.2) is 30.7 Å². The lowest BCUT2D eigenvalue weighted by Gasteiger charge is -2.17. The van der Waals surface area contributed by atoms with Gasteiger partial charge in [0.2, 0.25) is 0 Å². The molecule has 5 heteroatoms. The number of ether oxygens (including phenoxy) is 1. The van der Waals surface area contributed by atoms with Crippen molar-refractivity contribution in [3.63, 3.8) is 0 Å². The van der Waals surface area contributed by atoms with Gasteiger partial charge in [-0.3, -0.25) is 4.79 Å². The second-order valence-electron chi connectivity index (χ2n) is 3.84. The summed E-state index contributed by atoms with van der Waals surface area (Å²) >= 11 is 0. The molecule has 0 aliphatic rings. The molecule has 2 N–H and O–H groups in total. The van der Waals surface area contributed by atoms with Gasteiger partial charge in [-0.25, -0.2) is 0 Å².